The number of anilines is 1. The molecule has 0 bridgehead atoms. The minimum Gasteiger partial charge on any atom is -0.482 e. The number of benzene rings is 1. The Morgan fingerprint density at radius 2 is 2.05 bits per heavy atom. The summed E-state index contributed by atoms with van der Waals surface area (Å²) in [4.78, 5) is 35.9. The van der Waals surface area contributed by atoms with Crippen LogP contribution in [-0.2, 0) is 9.59 Å². The summed E-state index contributed by atoms with van der Waals surface area (Å²) in [6, 6.07) is 4.69. The lowest BCUT2D eigenvalue weighted by Crippen LogP contribution is -2.39. The Balaban J connectivity index is 2.23. The van der Waals surface area contributed by atoms with Gasteiger partial charge in [-0.05, 0) is 24.6 Å². The molecule has 2 N–H and O–H groups in total. The number of carboxylic acids is 1. The maximum atomic E-state index is 12.0. The number of ketones is 1. The maximum absolute atomic E-state index is 12.0. The van der Waals surface area contributed by atoms with Crippen LogP contribution < -0.4 is 9.64 Å². The number of nitrogens with zero attached hydrogens (tertiary/aromatic N) is 1. The first-order valence-corrected chi connectivity index (χ1v) is 6.96. The molecule has 0 saturated heterocycles. The van der Waals surface area contributed by atoms with Gasteiger partial charge in [0.25, 0.3) is 5.91 Å². The zero-order valence-corrected chi connectivity index (χ0v) is 11.9. The average Bonchev–Trinajstić information content (AvgIpc) is 2.51. The van der Waals surface area contributed by atoms with Gasteiger partial charge in [-0.3, -0.25) is 14.4 Å². The smallest absolute Gasteiger partial charge is 0.303 e. The Hall–Kier alpha value is -2.41. The van der Waals surface area contributed by atoms with Gasteiger partial charge in [0.15, 0.2) is 12.4 Å². The number of ether oxygens (including phenoxy) is 1. The number of rotatable bonds is 7. The second kappa shape index (κ2) is 7.04. The summed E-state index contributed by atoms with van der Waals surface area (Å²) in [6.45, 7) is 0.209. The molecule has 118 valence electrons. The summed E-state index contributed by atoms with van der Waals surface area (Å²) in [5.41, 5.74) is 0.818. The van der Waals surface area contributed by atoms with Crippen LogP contribution in [-0.4, -0.2) is 47.6 Å². The van der Waals surface area contributed by atoms with E-state index in [4.69, 9.17) is 14.9 Å². The van der Waals surface area contributed by atoms with Gasteiger partial charge in [-0.25, -0.2) is 0 Å². The van der Waals surface area contributed by atoms with Crippen LogP contribution in [0.15, 0.2) is 18.2 Å². The van der Waals surface area contributed by atoms with E-state index in [1.165, 1.54) is 11.0 Å². The van der Waals surface area contributed by atoms with Crippen molar-refractivity contribution in [3.05, 3.63) is 23.8 Å². The largest absolute Gasteiger partial charge is 0.482 e. The Kier molecular flexibility index (Phi) is 5.11. The molecule has 7 nitrogen and oxygen atoms in total. The van der Waals surface area contributed by atoms with Crippen molar-refractivity contribution < 1.29 is 29.3 Å². The highest BCUT2D eigenvalue weighted by molar-refractivity contribution is 6.02. The SMILES string of the molecule is O=C(O)CCC(=O)c1ccc2c(c1)N(CCCO)C(=O)CO2. The Morgan fingerprint density at radius 3 is 2.73 bits per heavy atom. The maximum Gasteiger partial charge on any atom is 0.303 e. The molecule has 1 aromatic rings. The third-order valence-corrected chi connectivity index (χ3v) is 3.33. The molecule has 2 rings (SSSR count). The number of amides is 1. The highest BCUT2D eigenvalue weighted by Crippen LogP contribution is 2.33. The van der Waals surface area contributed by atoms with E-state index in [-0.39, 0.29) is 37.7 Å². The Labute approximate surface area is 127 Å². The zero-order valence-electron chi connectivity index (χ0n) is 11.9. The first-order valence-electron chi connectivity index (χ1n) is 6.96. The fourth-order valence-corrected chi connectivity index (χ4v) is 2.21. The van der Waals surface area contributed by atoms with Crippen LogP contribution in [0.4, 0.5) is 5.69 Å². The molecule has 1 aromatic carbocycles. The summed E-state index contributed by atoms with van der Waals surface area (Å²) in [5, 5.41) is 17.5. The van der Waals surface area contributed by atoms with Gasteiger partial charge in [-0.2, -0.15) is 0 Å². The Morgan fingerprint density at radius 1 is 1.27 bits per heavy atom. The Bertz CT molecular complexity index is 598. The zero-order chi connectivity index (χ0) is 16.1. The molecule has 1 aliphatic rings. The van der Waals surface area contributed by atoms with Gasteiger partial charge in [0.2, 0.25) is 0 Å². The van der Waals surface area contributed by atoms with Crippen LogP contribution in [0.5, 0.6) is 5.75 Å². The molecule has 22 heavy (non-hydrogen) atoms. The minimum atomic E-state index is -1.03. The topological polar surface area (TPSA) is 104 Å². The lowest BCUT2D eigenvalue weighted by molar-refractivity contribution is -0.137. The highest BCUT2D eigenvalue weighted by Gasteiger charge is 2.26. The van der Waals surface area contributed by atoms with Crippen LogP contribution in [0.25, 0.3) is 0 Å². The number of aliphatic hydroxyl groups excluding tert-OH is 1. The van der Waals surface area contributed by atoms with Crippen molar-refractivity contribution in [1.29, 1.82) is 0 Å². The number of fused-ring (bicyclic) bond motifs is 1. The molecule has 0 aliphatic carbocycles. The molecule has 0 saturated carbocycles. The predicted octanol–water partition coefficient (Wildman–Crippen LogP) is 0.842. The number of aliphatic carboxylic acids is 1. The number of hydrogen-bond donors (Lipinski definition) is 2. The van der Waals surface area contributed by atoms with E-state index in [9.17, 15) is 14.4 Å². The van der Waals surface area contributed by atoms with Gasteiger partial charge < -0.3 is 19.8 Å². The van der Waals surface area contributed by atoms with Crippen molar-refractivity contribution >= 4 is 23.3 Å². The fraction of sp³-hybridized carbons (Fsp3) is 0.400. The standard InChI is InChI=1S/C15H17NO6/c17-7-1-6-16-11-8-10(12(18)3-5-15(20)21)2-4-13(11)22-9-14(16)19/h2,4,8,17H,1,3,5-7,9H2,(H,20,21). The summed E-state index contributed by atoms with van der Waals surface area (Å²) in [7, 11) is 0. The molecule has 0 radical (unpaired) electrons. The first kappa shape index (κ1) is 16.0. The predicted molar refractivity (Wildman–Crippen MR) is 77.2 cm³/mol. The lowest BCUT2D eigenvalue weighted by atomic mass is 10.0. The summed E-state index contributed by atoms with van der Waals surface area (Å²) >= 11 is 0. The molecule has 0 unspecified atom stereocenters. The molecule has 1 amide bonds. The normalized spacial score (nSPS) is 13.5. The van der Waals surface area contributed by atoms with Crippen molar-refractivity contribution in [3.63, 3.8) is 0 Å². The lowest BCUT2D eigenvalue weighted by Gasteiger charge is -2.29. The minimum absolute atomic E-state index is 0.0444. The molecular weight excluding hydrogens is 290 g/mol. The number of hydrogen-bond acceptors (Lipinski definition) is 5. The molecule has 0 atom stereocenters. The van der Waals surface area contributed by atoms with E-state index in [0.717, 1.165) is 0 Å². The van der Waals surface area contributed by atoms with Crippen molar-refractivity contribution in [3.8, 4) is 5.75 Å². The summed E-state index contributed by atoms with van der Waals surface area (Å²) < 4.78 is 5.32. The molecule has 7 heteroatoms. The van der Waals surface area contributed by atoms with Crippen LogP contribution in [0, 0.1) is 0 Å². The summed E-state index contributed by atoms with van der Waals surface area (Å²) in [5.74, 6) is -1.08. The fourth-order valence-electron chi connectivity index (χ4n) is 2.21. The van der Waals surface area contributed by atoms with Gasteiger partial charge in [-0.15, -0.1) is 0 Å². The van der Waals surface area contributed by atoms with Gasteiger partial charge >= 0.3 is 5.97 Å². The molecule has 0 aromatic heterocycles. The number of carbonyl (C=O) groups excluding carboxylic acids is 2. The van der Waals surface area contributed by atoms with E-state index in [1.54, 1.807) is 12.1 Å². The van der Waals surface area contributed by atoms with E-state index in [0.29, 0.717) is 30.0 Å². The molecule has 1 heterocycles. The second-order valence-corrected chi connectivity index (χ2v) is 4.91. The summed E-state index contributed by atoms with van der Waals surface area (Å²) in [6.07, 6.45) is 0.0848. The van der Waals surface area contributed by atoms with Gasteiger partial charge in [0.05, 0.1) is 12.1 Å². The van der Waals surface area contributed by atoms with E-state index < -0.39 is 5.97 Å². The number of carboxylic acid groups (broad SMARTS) is 1. The van der Waals surface area contributed by atoms with Crippen molar-refractivity contribution in [2.75, 3.05) is 24.7 Å². The average molecular weight is 307 g/mol. The van der Waals surface area contributed by atoms with Crippen LogP contribution in [0.1, 0.15) is 29.6 Å². The van der Waals surface area contributed by atoms with E-state index >= 15 is 0 Å². The third kappa shape index (κ3) is 3.62. The molecule has 0 fully saturated rings. The van der Waals surface area contributed by atoms with Gasteiger partial charge in [0.1, 0.15) is 5.75 Å². The quantitative estimate of drug-likeness (QED) is 0.723. The molecular formula is C15H17NO6. The van der Waals surface area contributed by atoms with E-state index in [2.05, 4.69) is 0 Å². The number of aliphatic hydroxyl groups is 1. The van der Waals surface area contributed by atoms with Crippen molar-refractivity contribution in [1.82, 2.24) is 0 Å². The monoisotopic (exact) mass is 307 g/mol. The number of Topliss-reactive ketones (excluding diaryl/α,β-unsaturated/α-hetero) is 1. The van der Waals surface area contributed by atoms with Crippen molar-refractivity contribution in [2.45, 2.75) is 19.3 Å². The third-order valence-electron chi connectivity index (χ3n) is 3.33. The van der Waals surface area contributed by atoms with Gasteiger partial charge in [-0.1, -0.05) is 0 Å². The number of carbonyl (C=O) groups is 3. The highest BCUT2D eigenvalue weighted by atomic mass is 16.5. The first-order chi connectivity index (χ1) is 10.5. The van der Waals surface area contributed by atoms with Crippen molar-refractivity contribution in [2.24, 2.45) is 0 Å². The van der Waals surface area contributed by atoms with Crippen LogP contribution in [0.2, 0.25) is 0 Å². The molecule has 1 aliphatic heterocycles. The second-order valence-electron chi connectivity index (χ2n) is 4.91. The van der Waals surface area contributed by atoms with E-state index in [1.807, 2.05) is 0 Å². The molecule has 0 spiro atoms. The van der Waals surface area contributed by atoms with Crippen LogP contribution >= 0.6 is 0 Å². The van der Waals surface area contributed by atoms with Crippen LogP contribution in [0.3, 0.4) is 0 Å². The van der Waals surface area contributed by atoms with Gasteiger partial charge in [0, 0.05) is 25.1 Å².